The van der Waals surface area contributed by atoms with Crippen LogP contribution in [0.5, 0.6) is 17.2 Å². The molecule has 2 N–H and O–H groups in total. The average Bonchev–Trinajstić information content (AvgIpc) is 3.15. The molecule has 0 radical (unpaired) electrons. The van der Waals surface area contributed by atoms with Crippen molar-refractivity contribution in [3.8, 4) is 17.2 Å². The summed E-state index contributed by atoms with van der Waals surface area (Å²) < 4.78 is 96.8. The Morgan fingerprint density at radius 1 is 0.955 bits per heavy atom. The molecule has 0 aliphatic carbocycles. The van der Waals surface area contributed by atoms with Crippen LogP contribution >= 0.6 is 0 Å². The number of urea groups is 1. The summed E-state index contributed by atoms with van der Waals surface area (Å²) in [5.41, 5.74) is -7.18. The Morgan fingerprint density at radius 2 is 1.59 bits per heavy atom. The molecule has 8 nitrogen and oxygen atoms in total. The molecular formula is C30H36F6N2O6. The third-order valence-electron chi connectivity index (χ3n) is 7.23. The molecule has 44 heavy (non-hydrogen) atoms. The van der Waals surface area contributed by atoms with E-state index in [2.05, 4.69) is 5.32 Å². The first-order valence-electron chi connectivity index (χ1n) is 14.0. The van der Waals surface area contributed by atoms with E-state index in [1.165, 1.54) is 7.11 Å². The fourth-order valence-corrected chi connectivity index (χ4v) is 4.88. The van der Waals surface area contributed by atoms with Gasteiger partial charge < -0.3 is 24.6 Å². The molecular weight excluding hydrogens is 598 g/mol. The number of alkyl halides is 6. The Hall–Kier alpha value is -3.68. The number of aliphatic hydroxyl groups is 1. The fraction of sp³-hybridized carbons (Fsp3) is 0.533. The van der Waals surface area contributed by atoms with Gasteiger partial charge in [-0.05, 0) is 75.4 Å². The van der Waals surface area contributed by atoms with Crippen molar-refractivity contribution < 1.29 is 55.2 Å². The van der Waals surface area contributed by atoms with Crippen LogP contribution in [0.25, 0.3) is 0 Å². The highest BCUT2D eigenvalue weighted by Gasteiger charge is 2.71. The van der Waals surface area contributed by atoms with Crippen molar-refractivity contribution in [1.82, 2.24) is 10.2 Å². The molecule has 0 aromatic heterocycles. The van der Waals surface area contributed by atoms with Gasteiger partial charge >= 0.3 is 18.4 Å². The zero-order chi connectivity index (χ0) is 33.1. The number of carbonyl (C=O) groups is 2. The number of aryl methyl sites for hydroxylation is 1. The number of nitrogens with zero attached hydrogens (tertiary/aromatic N) is 1. The molecule has 3 amide bonds. The van der Waals surface area contributed by atoms with Gasteiger partial charge in [-0.25, -0.2) is 4.79 Å². The van der Waals surface area contributed by atoms with Gasteiger partial charge in [-0.1, -0.05) is 25.5 Å². The Labute approximate surface area is 251 Å². The van der Waals surface area contributed by atoms with E-state index in [0.717, 1.165) is 11.0 Å². The maximum Gasteiger partial charge on any atom is 0.430 e. The molecule has 1 fully saturated rings. The summed E-state index contributed by atoms with van der Waals surface area (Å²) in [6.07, 6.45) is -11.0. The summed E-state index contributed by atoms with van der Waals surface area (Å²) in [5.74, 6) is 0.470. The molecule has 1 heterocycles. The maximum absolute atomic E-state index is 13.3. The molecule has 0 bridgehead atoms. The second-order valence-corrected chi connectivity index (χ2v) is 10.9. The van der Waals surface area contributed by atoms with Gasteiger partial charge in [0.2, 0.25) is 0 Å². The van der Waals surface area contributed by atoms with Crippen LogP contribution in [0.15, 0.2) is 36.4 Å². The molecule has 0 spiro atoms. The lowest BCUT2D eigenvalue weighted by molar-refractivity contribution is -0.376. The van der Waals surface area contributed by atoms with Crippen molar-refractivity contribution >= 4 is 11.9 Å². The normalized spacial score (nSPS) is 17.7. The van der Waals surface area contributed by atoms with E-state index in [9.17, 15) is 41.0 Å². The number of hydrogen-bond donors (Lipinski definition) is 2. The van der Waals surface area contributed by atoms with E-state index >= 15 is 0 Å². The lowest BCUT2D eigenvalue weighted by Gasteiger charge is -2.33. The summed E-state index contributed by atoms with van der Waals surface area (Å²) in [6.45, 7) is 7.02. The van der Waals surface area contributed by atoms with Crippen molar-refractivity contribution in [3.05, 3.63) is 53.1 Å². The predicted molar refractivity (Wildman–Crippen MR) is 148 cm³/mol. The van der Waals surface area contributed by atoms with Crippen molar-refractivity contribution in [2.24, 2.45) is 0 Å². The van der Waals surface area contributed by atoms with Crippen LogP contribution in [-0.2, 0) is 22.4 Å². The summed E-state index contributed by atoms with van der Waals surface area (Å²) >= 11 is 0. The zero-order valence-electron chi connectivity index (χ0n) is 25.0. The first-order chi connectivity index (χ1) is 20.4. The van der Waals surface area contributed by atoms with Crippen molar-refractivity contribution in [1.29, 1.82) is 0 Å². The monoisotopic (exact) mass is 634 g/mol. The van der Waals surface area contributed by atoms with Crippen LogP contribution in [0.2, 0.25) is 0 Å². The van der Waals surface area contributed by atoms with Gasteiger partial charge in [0.25, 0.3) is 11.5 Å². The first-order valence-corrected chi connectivity index (χ1v) is 14.0. The third-order valence-corrected chi connectivity index (χ3v) is 7.23. The van der Waals surface area contributed by atoms with Gasteiger partial charge in [0.15, 0.2) is 11.5 Å². The molecule has 244 valence electrons. The van der Waals surface area contributed by atoms with E-state index in [4.69, 9.17) is 14.2 Å². The second-order valence-electron chi connectivity index (χ2n) is 10.9. The Bertz CT molecular complexity index is 1330. The van der Waals surface area contributed by atoms with Crippen LogP contribution in [0, 0.1) is 0 Å². The van der Waals surface area contributed by atoms with Crippen LogP contribution in [0.3, 0.4) is 0 Å². The predicted octanol–water partition coefficient (Wildman–Crippen LogP) is 6.37. The number of hydrogen-bond acceptors (Lipinski definition) is 6. The number of unbranched alkanes of at least 4 members (excludes halogenated alkanes) is 1. The van der Waals surface area contributed by atoms with E-state index in [1.807, 2.05) is 13.8 Å². The number of benzene rings is 2. The van der Waals surface area contributed by atoms with Gasteiger partial charge in [0.05, 0.1) is 19.8 Å². The average molecular weight is 635 g/mol. The summed E-state index contributed by atoms with van der Waals surface area (Å²) in [5, 5.41) is 12.5. The minimum atomic E-state index is -6.00. The third kappa shape index (κ3) is 6.84. The molecule has 0 saturated carbocycles. The highest BCUT2D eigenvalue weighted by atomic mass is 19.4. The summed E-state index contributed by atoms with van der Waals surface area (Å²) in [7, 11) is 1.46. The molecule has 2 aromatic rings. The highest BCUT2D eigenvalue weighted by molar-refractivity contribution is 6.07. The van der Waals surface area contributed by atoms with E-state index < -0.39 is 41.0 Å². The Kier molecular flexibility index (Phi) is 10.4. The molecule has 1 unspecified atom stereocenters. The molecule has 2 aromatic carbocycles. The molecule has 14 heteroatoms. The molecule has 1 atom stereocenters. The van der Waals surface area contributed by atoms with Gasteiger partial charge in [0, 0.05) is 12.1 Å². The standard InChI is InChI=1S/C30H36F6N2O6/c1-6-9-19-16-21(28(41,29(31,32)33)30(34,35)36)11-12-22(19)43-15-8-7-14-38-25(39)27(4,37-26(38)40)20-10-13-23(44-18(2)3)24(17-20)42-5/h10-13,16-18,41H,6-9,14-15H2,1-5H3,(H,37,40). The first kappa shape index (κ1) is 34.8. The number of carbonyl (C=O) groups excluding carboxylic acids is 2. The number of rotatable bonds is 13. The highest BCUT2D eigenvalue weighted by Crippen LogP contribution is 2.50. The number of halogens is 6. The van der Waals surface area contributed by atoms with E-state index in [0.29, 0.717) is 48.5 Å². The van der Waals surface area contributed by atoms with Gasteiger partial charge in [-0.3, -0.25) is 9.69 Å². The fourth-order valence-electron chi connectivity index (χ4n) is 4.88. The SMILES string of the molecule is CCCc1cc(C(O)(C(F)(F)F)C(F)(F)F)ccc1OCCCCN1C(=O)NC(C)(c2ccc(OC(C)C)c(OC)c2)C1=O. The van der Waals surface area contributed by atoms with Crippen LogP contribution < -0.4 is 19.5 Å². The smallest absolute Gasteiger partial charge is 0.430 e. The lowest BCUT2D eigenvalue weighted by Crippen LogP contribution is -2.53. The van der Waals surface area contributed by atoms with Crippen molar-refractivity contribution in [3.63, 3.8) is 0 Å². The largest absolute Gasteiger partial charge is 0.493 e. The number of nitrogens with one attached hydrogen (secondary N) is 1. The van der Waals surface area contributed by atoms with Crippen molar-refractivity contribution in [2.75, 3.05) is 20.3 Å². The Morgan fingerprint density at radius 3 is 2.16 bits per heavy atom. The summed E-state index contributed by atoms with van der Waals surface area (Å²) in [6, 6.07) is 6.52. The Balaban J connectivity index is 1.66. The second kappa shape index (κ2) is 13.1. The van der Waals surface area contributed by atoms with Gasteiger partial charge in [-0.15, -0.1) is 0 Å². The van der Waals surface area contributed by atoms with Crippen LogP contribution in [0.4, 0.5) is 31.1 Å². The molecule has 3 rings (SSSR count). The number of imide groups is 1. The van der Waals surface area contributed by atoms with Crippen molar-refractivity contribution in [2.45, 2.75) is 83.0 Å². The van der Waals surface area contributed by atoms with E-state index in [1.54, 1.807) is 32.0 Å². The maximum atomic E-state index is 13.3. The topological polar surface area (TPSA) is 97.3 Å². The molecule has 1 aliphatic heterocycles. The zero-order valence-corrected chi connectivity index (χ0v) is 25.0. The van der Waals surface area contributed by atoms with Crippen LogP contribution in [0.1, 0.15) is 63.6 Å². The van der Waals surface area contributed by atoms with Crippen LogP contribution in [-0.4, -0.2) is 60.7 Å². The minimum absolute atomic E-state index is 0.00823. The molecule has 1 aliphatic rings. The lowest BCUT2D eigenvalue weighted by atomic mass is 9.90. The minimum Gasteiger partial charge on any atom is -0.493 e. The van der Waals surface area contributed by atoms with E-state index in [-0.39, 0.29) is 37.0 Å². The number of methoxy groups -OCH3 is 1. The number of ether oxygens (including phenoxy) is 3. The van der Waals surface area contributed by atoms with Gasteiger partial charge in [0.1, 0.15) is 11.3 Å². The molecule has 1 saturated heterocycles. The quantitative estimate of drug-likeness (QED) is 0.151. The number of amides is 3. The van der Waals surface area contributed by atoms with Gasteiger partial charge in [-0.2, -0.15) is 26.3 Å². The summed E-state index contributed by atoms with van der Waals surface area (Å²) in [4.78, 5) is 27.1.